The lowest BCUT2D eigenvalue weighted by Gasteiger charge is -2.27. The molecule has 1 aromatic heterocycles. The summed E-state index contributed by atoms with van der Waals surface area (Å²) in [5, 5.41) is 4.61. The molecule has 2 heterocycles. The molecule has 2 fully saturated rings. The Bertz CT molecular complexity index is 581. The standard InChI is InChI=1S/C17H24ClN3O2S/c1-2-24-15-5-3-4-14(15)20-16-13(18)10-12(11-19-16)17(22)21-6-8-23-9-7-21/h10-11,14-15H,2-9H2,1H3,(H,19,20). The van der Waals surface area contributed by atoms with Gasteiger partial charge in [0.25, 0.3) is 5.91 Å². The summed E-state index contributed by atoms with van der Waals surface area (Å²) in [4.78, 5) is 18.7. The van der Waals surface area contributed by atoms with Gasteiger partial charge in [-0.3, -0.25) is 4.79 Å². The first-order chi connectivity index (χ1) is 11.7. The molecule has 0 bridgehead atoms. The van der Waals surface area contributed by atoms with E-state index >= 15 is 0 Å². The van der Waals surface area contributed by atoms with E-state index in [-0.39, 0.29) is 5.91 Å². The van der Waals surface area contributed by atoms with E-state index in [1.165, 1.54) is 12.8 Å². The van der Waals surface area contributed by atoms with Crippen molar-refractivity contribution >= 4 is 35.1 Å². The van der Waals surface area contributed by atoms with Crippen molar-refractivity contribution in [2.75, 3.05) is 37.4 Å². The van der Waals surface area contributed by atoms with E-state index in [2.05, 4.69) is 17.2 Å². The monoisotopic (exact) mass is 369 g/mol. The van der Waals surface area contributed by atoms with E-state index < -0.39 is 0 Å². The minimum atomic E-state index is -0.0282. The molecule has 1 amide bonds. The summed E-state index contributed by atoms with van der Waals surface area (Å²) in [5.41, 5.74) is 0.540. The van der Waals surface area contributed by atoms with Crippen molar-refractivity contribution in [3.8, 4) is 0 Å². The van der Waals surface area contributed by atoms with Crippen LogP contribution in [0.2, 0.25) is 5.02 Å². The van der Waals surface area contributed by atoms with Crippen LogP contribution in [0.3, 0.4) is 0 Å². The first-order valence-electron chi connectivity index (χ1n) is 8.59. The summed E-state index contributed by atoms with van der Waals surface area (Å²) >= 11 is 8.38. The van der Waals surface area contributed by atoms with Crippen LogP contribution in [0.1, 0.15) is 36.5 Å². The number of nitrogens with zero attached hydrogens (tertiary/aromatic N) is 2. The molecule has 1 saturated heterocycles. The highest BCUT2D eigenvalue weighted by molar-refractivity contribution is 7.99. The summed E-state index contributed by atoms with van der Waals surface area (Å²) in [6.07, 6.45) is 5.25. The van der Waals surface area contributed by atoms with Gasteiger partial charge < -0.3 is 15.0 Å². The van der Waals surface area contributed by atoms with Crippen LogP contribution in [0, 0.1) is 0 Å². The minimum absolute atomic E-state index is 0.0282. The molecule has 0 spiro atoms. The molecule has 0 aromatic carbocycles. The molecule has 2 unspecified atom stereocenters. The Hall–Kier alpha value is -0.980. The van der Waals surface area contributed by atoms with Gasteiger partial charge in [-0.2, -0.15) is 11.8 Å². The average Bonchev–Trinajstić information content (AvgIpc) is 3.04. The Balaban J connectivity index is 1.67. The fourth-order valence-corrected chi connectivity index (χ4v) is 4.71. The maximum absolute atomic E-state index is 12.5. The topological polar surface area (TPSA) is 54.5 Å². The van der Waals surface area contributed by atoms with Crippen LogP contribution in [0.25, 0.3) is 0 Å². The third-order valence-electron chi connectivity index (χ3n) is 4.54. The van der Waals surface area contributed by atoms with Gasteiger partial charge in [0, 0.05) is 30.6 Å². The number of hydrogen-bond donors (Lipinski definition) is 1. The molecule has 2 atom stereocenters. The molecule has 132 valence electrons. The van der Waals surface area contributed by atoms with Crippen LogP contribution in [-0.4, -0.2) is 59.1 Å². The van der Waals surface area contributed by atoms with Gasteiger partial charge in [-0.05, 0) is 24.7 Å². The highest BCUT2D eigenvalue weighted by atomic mass is 35.5. The molecule has 24 heavy (non-hydrogen) atoms. The molecule has 2 aliphatic rings. The van der Waals surface area contributed by atoms with Crippen molar-refractivity contribution in [1.82, 2.24) is 9.88 Å². The molecule has 1 saturated carbocycles. The third-order valence-corrected chi connectivity index (χ3v) is 6.16. The zero-order chi connectivity index (χ0) is 16.9. The number of aromatic nitrogens is 1. The fraction of sp³-hybridized carbons (Fsp3) is 0.647. The first-order valence-corrected chi connectivity index (χ1v) is 10.0. The van der Waals surface area contributed by atoms with Gasteiger partial charge in [0.15, 0.2) is 0 Å². The van der Waals surface area contributed by atoms with Gasteiger partial charge >= 0.3 is 0 Å². The second-order valence-electron chi connectivity index (χ2n) is 6.13. The van der Waals surface area contributed by atoms with Gasteiger partial charge in [0.1, 0.15) is 5.82 Å². The van der Waals surface area contributed by atoms with Crippen LogP contribution in [-0.2, 0) is 4.74 Å². The lowest BCUT2D eigenvalue weighted by atomic mass is 10.2. The van der Waals surface area contributed by atoms with Crippen LogP contribution in [0.4, 0.5) is 5.82 Å². The smallest absolute Gasteiger partial charge is 0.255 e. The second-order valence-corrected chi connectivity index (χ2v) is 8.06. The summed E-state index contributed by atoms with van der Waals surface area (Å²) in [5.74, 6) is 1.78. The highest BCUT2D eigenvalue weighted by Crippen LogP contribution is 2.33. The lowest BCUT2D eigenvalue weighted by molar-refractivity contribution is 0.0302. The largest absolute Gasteiger partial charge is 0.378 e. The molecule has 5 nitrogen and oxygen atoms in total. The molecule has 3 rings (SSSR count). The SMILES string of the molecule is CCSC1CCCC1Nc1ncc(C(=O)N2CCOCC2)cc1Cl. The van der Waals surface area contributed by atoms with E-state index in [0.29, 0.717) is 54.0 Å². The minimum Gasteiger partial charge on any atom is -0.378 e. The fourth-order valence-electron chi connectivity index (χ4n) is 3.29. The summed E-state index contributed by atoms with van der Waals surface area (Å²) in [6, 6.07) is 2.13. The quantitative estimate of drug-likeness (QED) is 0.863. The van der Waals surface area contributed by atoms with Gasteiger partial charge in [-0.15, -0.1) is 0 Å². The summed E-state index contributed by atoms with van der Waals surface area (Å²) < 4.78 is 5.29. The van der Waals surface area contributed by atoms with Crippen LogP contribution in [0.5, 0.6) is 0 Å². The van der Waals surface area contributed by atoms with Gasteiger partial charge in [0.05, 0.1) is 23.8 Å². The summed E-state index contributed by atoms with van der Waals surface area (Å²) in [7, 11) is 0. The molecular formula is C17H24ClN3O2S. The Morgan fingerprint density at radius 1 is 1.46 bits per heavy atom. The highest BCUT2D eigenvalue weighted by Gasteiger charge is 2.28. The number of halogens is 1. The molecule has 0 radical (unpaired) electrons. The molecule has 1 N–H and O–H groups in total. The third kappa shape index (κ3) is 4.16. The number of pyridine rings is 1. The summed E-state index contributed by atoms with van der Waals surface area (Å²) in [6.45, 7) is 4.61. The van der Waals surface area contributed by atoms with Gasteiger partial charge in [0.2, 0.25) is 0 Å². The van der Waals surface area contributed by atoms with Crippen LogP contribution >= 0.6 is 23.4 Å². The number of ether oxygens (including phenoxy) is 1. The maximum atomic E-state index is 12.5. The van der Waals surface area contributed by atoms with E-state index in [1.54, 1.807) is 17.2 Å². The number of thioether (sulfide) groups is 1. The number of rotatable bonds is 5. The van der Waals surface area contributed by atoms with Crippen molar-refractivity contribution in [2.24, 2.45) is 0 Å². The maximum Gasteiger partial charge on any atom is 0.255 e. The van der Waals surface area contributed by atoms with Crippen molar-refractivity contribution < 1.29 is 9.53 Å². The molecule has 1 aliphatic carbocycles. The predicted molar refractivity (Wildman–Crippen MR) is 99.2 cm³/mol. The zero-order valence-corrected chi connectivity index (χ0v) is 15.5. The zero-order valence-electron chi connectivity index (χ0n) is 14.0. The average molecular weight is 370 g/mol. The lowest BCUT2D eigenvalue weighted by Crippen LogP contribution is -2.40. The van der Waals surface area contributed by atoms with Gasteiger partial charge in [-0.1, -0.05) is 24.9 Å². The van der Waals surface area contributed by atoms with E-state index in [0.717, 1.165) is 12.2 Å². The van der Waals surface area contributed by atoms with Crippen LogP contribution < -0.4 is 5.32 Å². The van der Waals surface area contributed by atoms with E-state index in [9.17, 15) is 4.79 Å². The molecule has 1 aromatic rings. The molecule has 1 aliphatic heterocycles. The number of amides is 1. The number of nitrogens with one attached hydrogen (secondary N) is 1. The number of anilines is 1. The Labute approximate surface area is 152 Å². The molecule has 7 heteroatoms. The second kappa shape index (κ2) is 8.41. The molecular weight excluding hydrogens is 346 g/mol. The van der Waals surface area contributed by atoms with Crippen molar-refractivity contribution in [1.29, 1.82) is 0 Å². The number of carbonyl (C=O) groups is 1. The predicted octanol–water partition coefficient (Wildman–Crippen LogP) is 3.29. The Morgan fingerprint density at radius 3 is 2.96 bits per heavy atom. The Kier molecular flexibility index (Phi) is 6.25. The van der Waals surface area contributed by atoms with E-state index in [1.807, 2.05) is 11.8 Å². The first kappa shape index (κ1) is 17.8. The van der Waals surface area contributed by atoms with Crippen molar-refractivity contribution in [2.45, 2.75) is 37.5 Å². The van der Waals surface area contributed by atoms with Crippen LogP contribution in [0.15, 0.2) is 12.3 Å². The number of carbonyl (C=O) groups excluding carboxylic acids is 1. The Morgan fingerprint density at radius 2 is 2.25 bits per heavy atom. The van der Waals surface area contributed by atoms with E-state index in [4.69, 9.17) is 16.3 Å². The van der Waals surface area contributed by atoms with Crippen molar-refractivity contribution in [3.63, 3.8) is 0 Å². The number of hydrogen-bond acceptors (Lipinski definition) is 5. The normalized spacial score (nSPS) is 24.2. The van der Waals surface area contributed by atoms with Gasteiger partial charge in [-0.25, -0.2) is 4.98 Å². The van der Waals surface area contributed by atoms with Crippen molar-refractivity contribution in [3.05, 3.63) is 22.8 Å². The number of morpholine rings is 1.